The summed E-state index contributed by atoms with van der Waals surface area (Å²) in [4.78, 5) is 34.5. The molecule has 25 heavy (non-hydrogen) atoms. The maximum absolute atomic E-state index is 12.3. The lowest BCUT2D eigenvalue weighted by Gasteiger charge is -2.12. The molecule has 1 aromatic carbocycles. The molecule has 3 heterocycles. The second kappa shape index (κ2) is 6.64. The number of carbonyl (C=O) groups is 2. The highest BCUT2D eigenvalue weighted by Gasteiger charge is 2.36. The molecule has 1 saturated heterocycles. The summed E-state index contributed by atoms with van der Waals surface area (Å²) in [5, 5.41) is 5.33. The lowest BCUT2D eigenvalue weighted by Crippen LogP contribution is -2.34. The second-order valence-corrected chi connectivity index (χ2v) is 6.71. The number of hydrogen-bond acceptors (Lipinski definition) is 6. The molecule has 3 aromatic rings. The molecule has 128 valence electrons. The van der Waals surface area contributed by atoms with Crippen LogP contribution in [0.2, 0.25) is 0 Å². The maximum atomic E-state index is 12.3. The van der Waals surface area contributed by atoms with Gasteiger partial charge in [-0.05, 0) is 12.1 Å². The number of amides is 2. The van der Waals surface area contributed by atoms with Gasteiger partial charge in [0.1, 0.15) is 5.52 Å². The summed E-state index contributed by atoms with van der Waals surface area (Å²) < 4.78 is 5.63. The van der Waals surface area contributed by atoms with E-state index in [0.29, 0.717) is 30.5 Å². The van der Waals surface area contributed by atoms with E-state index in [1.165, 1.54) is 11.3 Å². The van der Waals surface area contributed by atoms with Gasteiger partial charge < -0.3 is 9.73 Å². The first-order valence-corrected chi connectivity index (χ1v) is 8.90. The smallest absolute Gasteiger partial charge is 0.229 e. The van der Waals surface area contributed by atoms with Crippen LogP contribution in [-0.4, -0.2) is 34.9 Å². The molecule has 1 aliphatic heterocycles. The van der Waals surface area contributed by atoms with Crippen molar-refractivity contribution in [3.05, 3.63) is 41.7 Å². The average Bonchev–Trinajstić information content (AvgIpc) is 3.33. The average molecular weight is 356 g/mol. The highest BCUT2D eigenvalue weighted by molar-refractivity contribution is 7.13. The number of aromatic nitrogens is 2. The molecule has 1 unspecified atom stereocenters. The van der Waals surface area contributed by atoms with Crippen LogP contribution >= 0.6 is 11.3 Å². The zero-order valence-corrected chi connectivity index (χ0v) is 14.2. The van der Waals surface area contributed by atoms with E-state index in [0.717, 1.165) is 11.1 Å². The van der Waals surface area contributed by atoms with Crippen LogP contribution < -0.4 is 10.2 Å². The van der Waals surface area contributed by atoms with E-state index in [1.807, 2.05) is 29.6 Å². The Morgan fingerprint density at radius 1 is 1.40 bits per heavy atom. The van der Waals surface area contributed by atoms with Gasteiger partial charge >= 0.3 is 0 Å². The van der Waals surface area contributed by atoms with Gasteiger partial charge in [-0.3, -0.25) is 14.5 Å². The van der Waals surface area contributed by atoms with E-state index in [1.54, 1.807) is 11.1 Å². The Morgan fingerprint density at radius 2 is 2.28 bits per heavy atom. The topological polar surface area (TPSA) is 88.3 Å². The maximum Gasteiger partial charge on any atom is 0.229 e. The third kappa shape index (κ3) is 3.25. The SMILES string of the molecule is O=C(NCCc1nc2ccccc2o1)C1CC(=O)N(c2nccs2)C1. The first kappa shape index (κ1) is 15.8. The highest BCUT2D eigenvalue weighted by Crippen LogP contribution is 2.26. The molecule has 1 atom stereocenters. The van der Waals surface area contributed by atoms with Crippen LogP contribution in [0, 0.1) is 5.92 Å². The summed E-state index contributed by atoms with van der Waals surface area (Å²) in [5.41, 5.74) is 1.55. The van der Waals surface area contributed by atoms with E-state index in [9.17, 15) is 9.59 Å². The fourth-order valence-corrected chi connectivity index (χ4v) is 3.55. The quantitative estimate of drug-likeness (QED) is 0.755. The van der Waals surface area contributed by atoms with Gasteiger partial charge in [0.05, 0.1) is 5.92 Å². The van der Waals surface area contributed by atoms with Crippen molar-refractivity contribution in [2.75, 3.05) is 18.0 Å². The number of fused-ring (bicyclic) bond motifs is 1. The van der Waals surface area contributed by atoms with Crippen molar-refractivity contribution < 1.29 is 14.0 Å². The van der Waals surface area contributed by atoms with Gasteiger partial charge in [0.2, 0.25) is 11.8 Å². The summed E-state index contributed by atoms with van der Waals surface area (Å²) in [6.07, 6.45) is 2.38. The molecule has 0 radical (unpaired) electrons. The number of rotatable bonds is 5. The van der Waals surface area contributed by atoms with Gasteiger partial charge in [-0.2, -0.15) is 0 Å². The molecule has 7 nitrogen and oxygen atoms in total. The Morgan fingerprint density at radius 3 is 3.08 bits per heavy atom. The number of benzene rings is 1. The predicted molar refractivity (Wildman–Crippen MR) is 93.3 cm³/mol. The standard InChI is InChI=1S/C17H16N4O3S/c22-15-9-11(10-21(15)17-19-7-8-25-17)16(23)18-6-5-14-20-12-3-1-2-4-13(12)24-14/h1-4,7-8,11H,5-6,9-10H2,(H,18,23). The summed E-state index contributed by atoms with van der Waals surface area (Å²) in [6, 6.07) is 7.55. The number of hydrogen-bond donors (Lipinski definition) is 1. The molecule has 0 aliphatic carbocycles. The van der Waals surface area contributed by atoms with Crippen LogP contribution in [0.5, 0.6) is 0 Å². The summed E-state index contributed by atoms with van der Waals surface area (Å²) in [5.74, 6) is 0.0611. The molecule has 0 bridgehead atoms. The van der Waals surface area contributed by atoms with E-state index in [4.69, 9.17) is 4.42 Å². The van der Waals surface area contributed by atoms with Crippen LogP contribution in [-0.2, 0) is 16.0 Å². The molecule has 1 aliphatic rings. The van der Waals surface area contributed by atoms with Crippen LogP contribution in [0.1, 0.15) is 12.3 Å². The van der Waals surface area contributed by atoms with Crippen molar-refractivity contribution in [3.63, 3.8) is 0 Å². The molecule has 2 aromatic heterocycles. The molecule has 4 rings (SSSR count). The van der Waals surface area contributed by atoms with Crippen molar-refractivity contribution in [2.45, 2.75) is 12.8 Å². The minimum absolute atomic E-state index is 0.0611. The van der Waals surface area contributed by atoms with Gasteiger partial charge in [-0.15, -0.1) is 11.3 Å². The number of thiazole rings is 1. The van der Waals surface area contributed by atoms with Crippen molar-refractivity contribution in [1.82, 2.24) is 15.3 Å². The molecular formula is C17H16N4O3S. The molecule has 8 heteroatoms. The first-order chi connectivity index (χ1) is 12.2. The number of anilines is 1. The van der Waals surface area contributed by atoms with Crippen molar-refractivity contribution in [3.8, 4) is 0 Å². The van der Waals surface area contributed by atoms with Crippen molar-refractivity contribution in [2.24, 2.45) is 5.92 Å². The Hall–Kier alpha value is -2.74. The zero-order chi connectivity index (χ0) is 17.2. The summed E-state index contributed by atoms with van der Waals surface area (Å²) in [6.45, 7) is 0.800. The molecule has 1 fully saturated rings. The number of oxazole rings is 1. The van der Waals surface area contributed by atoms with E-state index in [-0.39, 0.29) is 24.2 Å². The molecule has 1 N–H and O–H groups in total. The number of para-hydroxylation sites is 2. The van der Waals surface area contributed by atoms with Gasteiger partial charge in [-0.1, -0.05) is 12.1 Å². The summed E-state index contributed by atoms with van der Waals surface area (Å²) >= 11 is 1.40. The van der Waals surface area contributed by atoms with Crippen molar-refractivity contribution in [1.29, 1.82) is 0 Å². The third-order valence-electron chi connectivity index (χ3n) is 4.12. The Balaban J connectivity index is 1.31. The largest absolute Gasteiger partial charge is 0.441 e. The van der Waals surface area contributed by atoms with Gasteiger partial charge in [0, 0.05) is 37.5 Å². The Labute approximate surface area is 147 Å². The normalized spacial score (nSPS) is 17.4. The third-order valence-corrected chi connectivity index (χ3v) is 4.92. The highest BCUT2D eigenvalue weighted by atomic mass is 32.1. The first-order valence-electron chi connectivity index (χ1n) is 8.03. The van der Waals surface area contributed by atoms with Crippen LogP contribution in [0.25, 0.3) is 11.1 Å². The fraction of sp³-hybridized carbons (Fsp3) is 0.294. The van der Waals surface area contributed by atoms with E-state index >= 15 is 0 Å². The minimum Gasteiger partial charge on any atom is -0.441 e. The number of nitrogens with zero attached hydrogens (tertiary/aromatic N) is 3. The number of carbonyl (C=O) groups excluding carboxylic acids is 2. The monoisotopic (exact) mass is 356 g/mol. The lowest BCUT2D eigenvalue weighted by molar-refractivity contribution is -0.126. The zero-order valence-electron chi connectivity index (χ0n) is 13.3. The second-order valence-electron chi connectivity index (χ2n) is 5.84. The molecule has 0 spiro atoms. The fourth-order valence-electron chi connectivity index (χ4n) is 2.88. The summed E-state index contributed by atoms with van der Waals surface area (Å²) in [7, 11) is 0. The van der Waals surface area contributed by atoms with Crippen LogP contribution in [0.15, 0.2) is 40.3 Å². The predicted octanol–water partition coefficient (Wildman–Crippen LogP) is 2.00. The molecule has 0 saturated carbocycles. The van der Waals surface area contributed by atoms with Crippen LogP contribution in [0.4, 0.5) is 5.13 Å². The van der Waals surface area contributed by atoms with Gasteiger partial charge in [0.15, 0.2) is 16.6 Å². The van der Waals surface area contributed by atoms with Gasteiger partial charge in [-0.25, -0.2) is 9.97 Å². The van der Waals surface area contributed by atoms with Crippen molar-refractivity contribution >= 4 is 39.4 Å². The van der Waals surface area contributed by atoms with Gasteiger partial charge in [0.25, 0.3) is 0 Å². The number of nitrogens with one attached hydrogen (secondary N) is 1. The Kier molecular flexibility index (Phi) is 4.19. The Bertz CT molecular complexity index is 873. The van der Waals surface area contributed by atoms with E-state index in [2.05, 4.69) is 15.3 Å². The molecule has 2 amide bonds. The molecular weight excluding hydrogens is 340 g/mol. The minimum atomic E-state index is -0.347. The lowest BCUT2D eigenvalue weighted by atomic mass is 10.1. The van der Waals surface area contributed by atoms with Crippen LogP contribution in [0.3, 0.4) is 0 Å². The van der Waals surface area contributed by atoms with E-state index < -0.39 is 0 Å².